The van der Waals surface area contributed by atoms with Crippen LogP contribution in [0.4, 0.5) is 0 Å². The van der Waals surface area contributed by atoms with Crippen molar-refractivity contribution in [2.45, 2.75) is 6.54 Å². The monoisotopic (exact) mass is 251 g/mol. The largest absolute Gasteiger partial charge is 0.311 e. The van der Waals surface area contributed by atoms with E-state index in [1.807, 2.05) is 47.3 Å². The Morgan fingerprint density at radius 2 is 1.79 bits per heavy atom. The van der Waals surface area contributed by atoms with E-state index in [1.54, 1.807) is 29.1 Å². The minimum absolute atomic E-state index is 0.00467. The average Bonchev–Trinajstić information content (AvgIpc) is 2.91. The van der Waals surface area contributed by atoms with Crippen LogP contribution in [0.5, 0.6) is 0 Å². The highest BCUT2D eigenvalue weighted by Crippen LogP contribution is 2.08. The molecule has 3 rings (SSSR count). The third-order valence-electron chi connectivity index (χ3n) is 2.91. The number of rotatable bonds is 3. The Bertz CT molecular complexity index is 728. The molecule has 19 heavy (non-hydrogen) atoms. The maximum atomic E-state index is 11.6. The van der Waals surface area contributed by atoms with Crippen LogP contribution >= 0.6 is 0 Å². The highest BCUT2D eigenvalue weighted by Gasteiger charge is 2.02. The molecule has 0 atom stereocenters. The first-order chi connectivity index (χ1) is 9.33. The molecule has 0 fully saturated rings. The fraction of sp³-hybridized carbons (Fsp3) is 0.0667. The molecule has 0 unspecified atom stereocenters. The van der Waals surface area contributed by atoms with Crippen molar-refractivity contribution in [1.29, 1.82) is 0 Å². The molecule has 94 valence electrons. The van der Waals surface area contributed by atoms with Crippen molar-refractivity contribution in [2.24, 2.45) is 0 Å². The van der Waals surface area contributed by atoms with Gasteiger partial charge in [-0.15, -0.1) is 0 Å². The lowest BCUT2D eigenvalue weighted by Crippen LogP contribution is -2.17. The molecule has 0 spiro atoms. The second-order valence-corrected chi connectivity index (χ2v) is 4.30. The summed E-state index contributed by atoms with van der Waals surface area (Å²) in [5.41, 5.74) is 2.00. The van der Waals surface area contributed by atoms with Crippen LogP contribution in [-0.2, 0) is 6.54 Å². The topological polar surface area (TPSA) is 39.8 Å². The fourth-order valence-corrected chi connectivity index (χ4v) is 1.95. The van der Waals surface area contributed by atoms with Gasteiger partial charge in [0.05, 0.1) is 18.4 Å². The Balaban J connectivity index is 1.87. The summed E-state index contributed by atoms with van der Waals surface area (Å²) in [6.07, 6.45) is 5.50. The molecule has 0 aliphatic carbocycles. The van der Waals surface area contributed by atoms with Crippen LogP contribution in [0.25, 0.3) is 5.69 Å². The summed E-state index contributed by atoms with van der Waals surface area (Å²) in [6, 6.07) is 15.0. The van der Waals surface area contributed by atoms with Crippen LogP contribution < -0.4 is 5.56 Å². The molecule has 3 aromatic rings. The summed E-state index contributed by atoms with van der Waals surface area (Å²) in [7, 11) is 0. The lowest BCUT2D eigenvalue weighted by Gasteiger charge is -2.02. The molecule has 0 aliphatic rings. The van der Waals surface area contributed by atoms with E-state index < -0.39 is 0 Å². The van der Waals surface area contributed by atoms with Crippen LogP contribution in [0.2, 0.25) is 0 Å². The van der Waals surface area contributed by atoms with Gasteiger partial charge < -0.3 is 4.57 Å². The molecular formula is C15H13N3O. The molecule has 0 saturated carbocycles. The quantitative estimate of drug-likeness (QED) is 0.715. The minimum atomic E-state index is -0.00467. The van der Waals surface area contributed by atoms with Crippen LogP contribution in [0.1, 0.15) is 5.56 Å². The maximum Gasteiger partial charge on any atom is 0.250 e. The summed E-state index contributed by atoms with van der Waals surface area (Å²) >= 11 is 0. The van der Waals surface area contributed by atoms with Gasteiger partial charge in [0.2, 0.25) is 0 Å². The Labute approximate surface area is 110 Å². The highest BCUT2D eigenvalue weighted by molar-refractivity contribution is 5.30. The van der Waals surface area contributed by atoms with Gasteiger partial charge in [-0.1, -0.05) is 24.3 Å². The first-order valence-corrected chi connectivity index (χ1v) is 6.07. The molecule has 0 saturated heterocycles. The van der Waals surface area contributed by atoms with Crippen molar-refractivity contribution in [2.75, 3.05) is 0 Å². The summed E-state index contributed by atoms with van der Waals surface area (Å²) in [5.74, 6) is 0. The lowest BCUT2D eigenvalue weighted by atomic mass is 10.3. The van der Waals surface area contributed by atoms with Crippen LogP contribution in [-0.4, -0.2) is 14.3 Å². The van der Waals surface area contributed by atoms with Gasteiger partial charge in [0.15, 0.2) is 0 Å². The van der Waals surface area contributed by atoms with Gasteiger partial charge in [0, 0.05) is 24.0 Å². The summed E-state index contributed by atoms with van der Waals surface area (Å²) < 4.78 is 3.47. The van der Waals surface area contributed by atoms with Crippen LogP contribution in [0.3, 0.4) is 0 Å². The van der Waals surface area contributed by atoms with E-state index in [9.17, 15) is 4.79 Å². The van der Waals surface area contributed by atoms with E-state index in [1.165, 1.54) is 0 Å². The number of aromatic nitrogens is 3. The standard InChI is InChI=1S/C15H13N3O/c19-15-8-4-5-9-17(15)11-13-10-16-18(12-13)14-6-2-1-3-7-14/h1-10,12H,11H2. The lowest BCUT2D eigenvalue weighted by molar-refractivity contribution is 0.759. The van der Waals surface area contributed by atoms with Crippen LogP contribution in [0.15, 0.2) is 71.9 Å². The first-order valence-electron chi connectivity index (χ1n) is 6.07. The van der Waals surface area contributed by atoms with Crippen molar-refractivity contribution in [3.05, 3.63) is 83.0 Å². The maximum absolute atomic E-state index is 11.6. The number of hydrogen-bond donors (Lipinski definition) is 0. The minimum Gasteiger partial charge on any atom is -0.311 e. The molecule has 0 aliphatic heterocycles. The summed E-state index contributed by atoms with van der Waals surface area (Å²) in [6.45, 7) is 0.534. The number of hydrogen-bond acceptors (Lipinski definition) is 2. The predicted molar refractivity (Wildman–Crippen MR) is 73.4 cm³/mol. The van der Waals surface area contributed by atoms with Gasteiger partial charge >= 0.3 is 0 Å². The second-order valence-electron chi connectivity index (χ2n) is 4.30. The molecule has 0 bridgehead atoms. The van der Waals surface area contributed by atoms with E-state index in [-0.39, 0.29) is 5.56 Å². The Kier molecular flexibility index (Phi) is 2.98. The molecular weight excluding hydrogens is 238 g/mol. The zero-order chi connectivity index (χ0) is 13.1. The Hall–Kier alpha value is -2.62. The number of benzene rings is 1. The molecule has 0 N–H and O–H groups in total. The van der Waals surface area contributed by atoms with Gasteiger partial charge in [0.25, 0.3) is 5.56 Å². The first kappa shape index (κ1) is 11.5. The third kappa shape index (κ3) is 2.47. The van der Waals surface area contributed by atoms with Crippen molar-refractivity contribution in [1.82, 2.24) is 14.3 Å². The SMILES string of the molecule is O=c1ccccn1Cc1cnn(-c2ccccc2)c1. The van der Waals surface area contributed by atoms with Crippen molar-refractivity contribution < 1.29 is 0 Å². The summed E-state index contributed by atoms with van der Waals surface area (Å²) in [4.78, 5) is 11.6. The smallest absolute Gasteiger partial charge is 0.250 e. The molecule has 1 aromatic carbocycles. The fourth-order valence-electron chi connectivity index (χ4n) is 1.95. The van der Waals surface area contributed by atoms with Gasteiger partial charge in [-0.05, 0) is 18.2 Å². The molecule has 2 heterocycles. The number of nitrogens with zero attached hydrogens (tertiary/aromatic N) is 3. The van der Waals surface area contributed by atoms with E-state index in [0.29, 0.717) is 6.54 Å². The van der Waals surface area contributed by atoms with Crippen molar-refractivity contribution >= 4 is 0 Å². The van der Waals surface area contributed by atoms with Crippen LogP contribution in [0, 0.1) is 0 Å². The van der Waals surface area contributed by atoms with Gasteiger partial charge in [-0.25, -0.2) is 4.68 Å². The van der Waals surface area contributed by atoms with Gasteiger partial charge in [-0.3, -0.25) is 4.79 Å². The highest BCUT2D eigenvalue weighted by atomic mass is 16.1. The van der Waals surface area contributed by atoms with E-state index >= 15 is 0 Å². The van der Waals surface area contributed by atoms with Gasteiger partial charge in [-0.2, -0.15) is 5.10 Å². The predicted octanol–water partition coefficient (Wildman–Crippen LogP) is 2.08. The zero-order valence-corrected chi connectivity index (χ0v) is 10.3. The number of para-hydroxylation sites is 1. The average molecular weight is 251 g/mol. The van der Waals surface area contributed by atoms with E-state index in [4.69, 9.17) is 0 Å². The second kappa shape index (κ2) is 4.94. The Morgan fingerprint density at radius 3 is 2.58 bits per heavy atom. The van der Waals surface area contributed by atoms with E-state index in [2.05, 4.69) is 5.10 Å². The Morgan fingerprint density at radius 1 is 1.00 bits per heavy atom. The van der Waals surface area contributed by atoms with Crippen molar-refractivity contribution in [3.8, 4) is 5.69 Å². The molecule has 2 aromatic heterocycles. The molecule has 4 nitrogen and oxygen atoms in total. The molecule has 4 heteroatoms. The van der Waals surface area contributed by atoms with Gasteiger partial charge in [0.1, 0.15) is 0 Å². The third-order valence-corrected chi connectivity index (χ3v) is 2.91. The number of pyridine rings is 1. The molecule has 0 amide bonds. The normalized spacial score (nSPS) is 10.5. The zero-order valence-electron chi connectivity index (χ0n) is 10.3. The summed E-state index contributed by atoms with van der Waals surface area (Å²) in [5, 5.41) is 4.31. The van der Waals surface area contributed by atoms with E-state index in [0.717, 1.165) is 11.3 Å². The van der Waals surface area contributed by atoms with Crippen molar-refractivity contribution in [3.63, 3.8) is 0 Å². The molecule has 0 radical (unpaired) electrons.